The molecule has 1 atom stereocenters. The van der Waals surface area contributed by atoms with E-state index in [4.69, 9.17) is 0 Å². The van der Waals surface area contributed by atoms with E-state index >= 15 is 0 Å². The fourth-order valence-electron chi connectivity index (χ4n) is 1.40. The third-order valence-electron chi connectivity index (χ3n) is 2.89. The van der Waals surface area contributed by atoms with Gasteiger partial charge < -0.3 is 5.32 Å². The first kappa shape index (κ1) is 15.0. The molecule has 0 aliphatic heterocycles. The van der Waals surface area contributed by atoms with Crippen LogP contribution in [0.1, 0.15) is 27.7 Å². The van der Waals surface area contributed by atoms with Crippen LogP contribution in [0.2, 0.25) is 0 Å². The number of sulfonamides is 1. The maximum atomic E-state index is 12.1. The zero-order valence-electron chi connectivity index (χ0n) is 11.4. The summed E-state index contributed by atoms with van der Waals surface area (Å²) in [6.07, 6.45) is 0. The Hall–Kier alpha value is -1.07. The van der Waals surface area contributed by atoms with Crippen LogP contribution in [-0.2, 0) is 10.0 Å². The van der Waals surface area contributed by atoms with Crippen LogP contribution >= 0.6 is 0 Å². The highest BCUT2D eigenvalue weighted by molar-refractivity contribution is 7.89. The molecule has 0 saturated heterocycles. The van der Waals surface area contributed by atoms with Crippen LogP contribution < -0.4 is 10.0 Å². The average Bonchev–Trinajstić information content (AvgIpc) is 2.29. The highest BCUT2D eigenvalue weighted by Gasteiger charge is 2.18. The van der Waals surface area contributed by atoms with Gasteiger partial charge in [0.1, 0.15) is 0 Å². The summed E-state index contributed by atoms with van der Waals surface area (Å²) in [6, 6.07) is 6.71. The molecular formula is C13H22N2O2S. The molecule has 5 heteroatoms. The first-order valence-corrected chi connectivity index (χ1v) is 7.71. The summed E-state index contributed by atoms with van der Waals surface area (Å²) in [5.74, 6) is 0.265. The molecule has 4 nitrogen and oxygen atoms in total. The monoisotopic (exact) mass is 270 g/mol. The van der Waals surface area contributed by atoms with Gasteiger partial charge in [-0.3, -0.25) is 0 Å². The van der Waals surface area contributed by atoms with E-state index in [1.807, 2.05) is 27.7 Å². The molecule has 0 aliphatic carbocycles. The maximum absolute atomic E-state index is 12.1. The Bertz CT molecular complexity index is 466. The number of hydrogen-bond acceptors (Lipinski definition) is 3. The van der Waals surface area contributed by atoms with E-state index in [1.165, 1.54) is 0 Å². The van der Waals surface area contributed by atoms with Gasteiger partial charge in [-0.1, -0.05) is 13.8 Å². The summed E-state index contributed by atoms with van der Waals surface area (Å²) < 4.78 is 26.8. The first-order chi connectivity index (χ1) is 8.36. The molecular weight excluding hydrogens is 248 g/mol. The second kappa shape index (κ2) is 6.20. The second-order valence-corrected chi connectivity index (χ2v) is 6.42. The van der Waals surface area contributed by atoms with Crippen molar-refractivity contribution in [3.05, 3.63) is 24.3 Å². The zero-order valence-corrected chi connectivity index (χ0v) is 12.2. The molecule has 1 aromatic carbocycles. The summed E-state index contributed by atoms with van der Waals surface area (Å²) in [4.78, 5) is 0.302. The third kappa shape index (κ3) is 3.99. The summed E-state index contributed by atoms with van der Waals surface area (Å²) >= 11 is 0. The Morgan fingerprint density at radius 2 is 1.67 bits per heavy atom. The summed E-state index contributed by atoms with van der Waals surface area (Å²) in [5, 5.41) is 3.13. The van der Waals surface area contributed by atoms with E-state index in [1.54, 1.807) is 24.3 Å². The Kier molecular flexibility index (Phi) is 5.16. The van der Waals surface area contributed by atoms with Gasteiger partial charge in [0.25, 0.3) is 0 Å². The van der Waals surface area contributed by atoms with Crippen molar-refractivity contribution in [2.45, 2.75) is 38.6 Å². The highest BCUT2D eigenvalue weighted by Crippen LogP contribution is 2.15. The lowest BCUT2D eigenvalue weighted by molar-refractivity contribution is 0.476. The number of rotatable bonds is 6. The first-order valence-electron chi connectivity index (χ1n) is 6.23. The van der Waals surface area contributed by atoms with Crippen molar-refractivity contribution in [1.29, 1.82) is 0 Å². The zero-order chi connectivity index (χ0) is 13.8. The third-order valence-corrected chi connectivity index (χ3v) is 4.46. The van der Waals surface area contributed by atoms with Crippen LogP contribution in [0.5, 0.6) is 0 Å². The van der Waals surface area contributed by atoms with Gasteiger partial charge in [0.15, 0.2) is 0 Å². The molecule has 0 heterocycles. The quantitative estimate of drug-likeness (QED) is 0.834. The van der Waals surface area contributed by atoms with Crippen molar-refractivity contribution in [1.82, 2.24) is 4.72 Å². The highest BCUT2D eigenvalue weighted by atomic mass is 32.2. The van der Waals surface area contributed by atoms with Crippen molar-refractivity contribution in [3.8, 4) is 0 Å². The average molecular weight is 270 g/mol. The van der Waals surface area contributed by atoms with Gasteiger partial charge in [0.05, 0.1) is 4.90 Å². The van der Waals surface area contributed by atoms with Gasteiger partial charge in [0, 0.05) is 18.3 Å². The minimum atomic E-state index is -3.41. The van der Waals surface area contributed by atoms with Crippen LogP contribution in [0, 0.1) is 5.92 Å². The lowest BCUT2D eigenvalue weighted by atomic mass is 10.1. The van der Waals surface area contributed by atoms with Crippen LogP contribution in [0.4, 0.5) is 5.69 Å². The van der Waals surface area contributed by atoms with Crippen LogP contribution in [0.3, 0.4) is 0 Å². The van der Waals surface area contributed by atoms with E-state index in [0.29, 0.717) is 4.90 Å². The molecule has 0 saturated carbocycles. The van der Waals surface area contributed by atoms with E-state index in [9.17, 15) is 8.42 Å². The number of nitrogens with one attached hydrogen (secondary N) is 2. The molecule has 0 amide bonds. The molecule has 1 rings (SSSR count). The van der Waals surface area contributed by atoms with E-state index in [0.717, 1.165) is 12.2 Å². The van der Waals surface area contributed by atoms with Gasteiger partial charge in [-0.2, -0.15) is 0 Å². The van der Waals surface area contributed by atoms with E-state index in [-0.39, 0.29) is 12.0 Å². The molecule has 0 radical (unpaired) electrons. The molecule has 0 bridgehead atoms. The molecule has 18 heavy (non-hydrogen) atoms. The van der Waals surface area contributed by atoms with Crippen LogP contribution in [0.15, 0.2) is 29.2 Å². The lowest BCUT2D eigenvalue weighted by Gasteiger charge is -2.17. The van der Waals surface area contributed by atoms with Gasteiger partial charge in [-0.15, -0.1) is 0 Å². The van der Waals surface area contributed by atoms with Crippen LogP contribution in [-0.4, -0.2) is 21.0 Å². The summed E-state index contributed by atoms with van der Waals surface area (Å²) in [5.41, 5.74) is 0.924. The second-order valence-electron chi connectivity index (χ2n) is 4.71. The molecule has 2 N–H and O–H groups in total. The van der Waals surface area contributed by atoms with Crippen molar-refractivity contribution in [2.24, 2.45) is 5.92 Å². The molecule has 102 valence electrons. The fourth-order valence-corrected chi connectivity index (χ4v) is 2.80. The van der Waals surface area contributed by atoms with Crippen molar-refractivity contribution < 1.29 is 8.42 Å². The maximum Gasteiger partial charge on any atom is 0.240 e. The minimum Gasteiger partial charge on any atom is -0.385 e. The fraction of sp³-hybridized carbons (Fsp3) is 0.538. The normalized spacial score (nSPS) is 13.6. The van der Waals surface area contributed by atoms with E-state index < -0.39 is 10.0 Å². The number of hydrogen-bond donors (Lipinski definition) is 2. The van der Waals surface area contributed by atoms with Gasteiger partial charge in [0.2, 0.25) is 10.0 Å². The standard InChI is InChI=1S/C13H22N2O2S/c1-5-14-12-6-8-13(9-7-12)18(16,17)15-11(4)10(2)3/h6-11,14-15H,5H2,1-4H3. The number of benzene rings is 1. The van der Waals surface area contributed by atoms with Gasteiger partial charge in [-0.05, 0) is 44.0 Å². The largest absolute Gasteiger partial charge is 0.385 e. The van der Waals surface area contributed by atoms with E-state index in [2.05, 4.69) is 10.0 Å². The van der Waals surface area contributed by atoms with Gasteiger partial charge in [-0.25, -0.2) is 13.1 Å². The Labute approximate surface area is 110 Å². The predicted molar refractivity (Wildman–Crippen MR) is 75.2 cm³/mol. The SMILES string of the molecule is CCNc1ccc(S(=O)(=O)NC(C)C(C)C)cc1. The number of anilines is 1. The Morgan fingerprint density at radius 1 is 1.11 bits per heavy atom. The van der Waals surface area contributed by atoms with Crippen molar-refractivity contribution in [2.75, 3.05) is 11.9 Å². The van der Waals surface area contributed by atoms with Gasteiger partial charge >= 0.3 is 0 Å². The topological polar surface area (TPSA) is 58.2 Å². The molecule has 1 aromatic rings. The van der Waals surface area contributed by atoms with Crippen LogP contribution in [0.25, 0.3) is 0 Å². The summed E-state index contributed by atoms with van der Waals surface area (Å²) in [7, 11) is -3.41. The Morgan fingerprint density at radius 3 is 2.11 bits per heavy atom. The molecule has 0 aromatic heterocycles. The van der Waals surface area contributed by atoms with Crippen molar-refractivity contribution >= 4 is 15.7 Å². The molecule has 0 fully saturated rings. The molecule has 1 unspecified atom stereocenters. The smallest absolute Gasteiger partial charge is 0.240 e. The summed E-state index contributed by atoms with van der Waals surface area (Å²) in [6.45, 7) is 8.66. The molecule has 0 spiro atoms. The lowest BCUT2D eigenvalue weighted by Crippen LogP contribution is -2.36. The predicted octanol–water partition coefficient (Wildman–Crippen LogP) is 2.44. The van der Waals surface area contributed by atoms with Crippen molar-refractivity contribution in [3.63, 3.8) is 0 Å². The minimum absolute atomic E-state index is 0.0801. The Balaban J connectivity index is 2.85. The molecule has 0 aliphatic rings.